The summed E-state index contributed by atoms with van der Waals surface area (Å²) in [7, 11) is 3.70. The van der Waals surface area contributed by atoms with E-state index >= 15 is 0 Å². The molecule has 6 heteroatoms. The molecule has 0 aliphatic heterocycles. The largest absolute Gasteiger partial charge is 0.416 e. The zero-order chi connectivity index (χ0) is 14.0. The quantitative estimate of drug-likeness (QED) is 0.867. The second-order valence-corrected chi connectivity index (χ2v) is 4.50. The maximum absolute atomic E-state index is 12.6. The number of nitrogens with zero attached hydrogens (tertiary/aromatic N) is 2. The fraction of sp³-hybridized carbons (Fsp3) is 0.462. The van der Waals surface area contributed by atoms with Gasteiger partial charge in [-0.1, -0.05) is 0 Å². The van der Waals surface area contributed by atoms with Crippen LogP contribution < -0.4 is 5.32 Å². The number of imidazole rings is 1. The first-order valence-electron chi connectivity index (χ1n) is 6.10. The van der Waals surface area contributed by atoms with Gasteiger partial charge in [0.2, 0.25) is 0 Å². The summed E-state index contributed by atoms with van der Waals surface area (Å²) in [5.41, 5.74) is 0.476. The van der Waals surface area contributed by atoms with E-state index in [4.69, 9.17) is 0 Å². The van der Waals surface area contributed by atoms with Gasteiger partial charge >= 0.3 is 6.18 Å². The Kier molecular flexibility index (Phi) is 3.80. The van der Waals surface area contributed by atoms with Gasteiger partial charge in [-0.2, -0.15) is 13.2 Å². The zero-order valence-electron chi connectivity index (χ0n) is 10.9. The summed E-state index contributed by atoms with van der Waals surface area (Å²) in [5.74, 6) is 0.810. The molecule has 0 amide bonds. The summed E-state index contributed by atoms with van der Waals surface area (Å²) in [6.45, 7) is 0.858. The summed E-state index contributed by atoms with van der Waals surface area (Å²) >= 11 is 0. The molecule has 0 aliphatic carbocycles. The molecule has 19 heavy (non-hydrogen) atoms. The number of fused-ring (bicyclic) bond motifs is 1. The van der Waals surface area contributed by atoms with Crippen LogP contribution in [0.1, 0.15) is 17.8 Å². The van der Waals surface area contributed by atoms with Gasteiger partial charge < -0.3 is 9.88 Å². The number of benzene rings is 1. The van der Waals surface area contributed by atoms with Crippen LogP contribution in [0.4, 0.5) is 13.2 Å². The van der Waals surface area contributed by atoms with E-state index in [1.165, 1.54) is 6.07 Å². The molecule has 0 bridgehead atoms. The number of nitrogens with one attached hydrogen (secondary N) is 1. The average Bonchev–Trinajstić information content (AvgIpc) is 2.65. The summed E-state index contributed by atoms with van der Waals surface area (Å²) in [4.78, 5) is 4.29. The molecule has 104 valence electrons. The van der Waals surface area contributed by atoms with E-state index in [-0.39, 0.29) is 0 Å². The van der Waals surface area contributed by atoms with E-state index in [1.807, 2.05) is 18.7 Å². The van der Waals surface area contributed by atoms with Crippen molar-refractivity contribution in [2.75, 3.05) is 13.6 Å². The number of halogens is 3. The predicted molar refractivity (Wildman–Crippen MR) is 68.0 cm³/mol. The van der Waals surface area contributed by atoms with Crippen molar-refractivity contribution in [2.45, 2.75) is 19.0 Å². The Hall–Kier alpha value is -1.56. The Bertz CT molecular complexity index is 572. The Morgan fingerprint density at radius 3 is 2.68 bits per heavy atom. The molecule has 0 radical (unpaired) electrons. The molecule has 1 heterocycles. The minimum absolute atomic E-state index is 0.400. The third kappa shape index (κ3) is 2.89. The molecular formula is C13H16F3N3. The molecule has 0 saturated carbocycles. The van der Waals surface area contributed by atoms with Crippen molar-refractivity contribution in [1.29, 1.82) is 0 Å². The Morgan fingerprint density at radius 2 is 2.05 bits per heavy atom. The van der Waals surface area contributed by atoms with Crippen LogP contribution in [-0.2, 0) is 19.6 Å². The summed E-state index contributed by atoms with van der Waals surface area (Å²) < 4.78 is 39.7. The van der Waals surface area contributed by atoms with Crippen molar-refractivity contribution in [2.24, 2.45) is 7.05 Å². The first kappa shape index (κ1) is 13.9. The molecule has 0 unspecified atom stereocenters. The fourth-order valence-corrected chi connectivity index (χ4v) is 2.07. The van der Waals surface area contributed by atoms with Gasteiger partial charge in [-0.15, -0.1) is 0 Å². The van der Waals surface area contributed by atoms with E-state index in [1.54, 1.807) is 0 Å². The van der Waals surface area contributed by atoms with Crippen molar-refractivity contribution in [3.63, 3.8) is 0 Å². The van der Waals surface area contributed by atoms with Crippen molar-refractivity contribution in [3.05, 3.63) is 29.6 Å². The van der Waals surface area contributed by atoms with Crippen LogP contribution >= 0.6 is 0 Å². The van der Waals surface area contributed by atoms with E-state index in [0.717, 1.165) is 42.9 Å². The Balaban J connectivity index is 2.34. The maximum Gasteiger partial charge on any atom is 0.416 e. The second kappa shape index (κ2) is 5.21. The predicted octanol–water partition coefficient (Wildman–Crippen LogP) is 2.74. The van der Waals surface area contributed by atoms with Gasteiger partial charge in [-0.3, -0.25) is 0 Å². The van der Waals surface area contributed by atoms with Crippen LogP contribution in [0.25, 0.3) is 11.0 Å². The average molecular weight is 271 g/mol. The van der Waals surface area contributed by atoms with Crippen molar-refractivity contribution >= 4 is 11.0 Å². The molecule has 0 saturated heterocycles. The van der Waals surface area contributed by atoms with E-state index in [2.05, 4.69) is 10.3 Å². The van der Waals surface area contributed by atoms with Crippen molar-refractivity contribution in [1.82, 2.24) is 14.9 Å². The molecule has 2 rings (SSSR count). The van der Waals surface area contributed by atoms with Gasteiger partial charge in [-0.05, 0) is 38.2 Å². The standard InChI is InChI=1S/C13H16F3N3/c1-17-7-3-4-12-18-10-8-9(13(14,15)16)5-6-11(10)19(12)2/h5-6,8,17H,3-4,7H2,1-2H3. The monoisotopic (exact) mass is 271 g/mol. The van der Waals surface area contributed by atoms with Crippen LogP contribution in [0.3, 0.4) is 0 Å². The topological polar surface area (TPSA) is 29.9 Å². The molecule has 0 fully saturated rings. The molecule has 1 N–H and O–H groups in total. The lowest BCUT2D eigenvalue weighted by Gasteiger charge is -2.06. The summed E-state index contributed by atoms with van der Waals surface area (Å²) in [6.07, 6.45) is -2.68. The SMILES string of the molecule is CNCCCc1nc2cc(C(F)(F)F)ccc2n1C. The zero-order valence-corrected chi connectivity index (χ0v) is 10.9. The lowest BCUT2D eigenvalue weighted by atomic mass is 10.2. The highest BCUT2D eigenvalue weighted by molar-refractivity contribution is 5.77. The van der Waals surface area contributed by atoms with Crippen LogP contribution in [-0.4, -0.2) is 23.1 Å². The normalized spacial score (nSPS) is 12.3. The molecule has 1 aromatic heterocycles. The van der Waals surface area contributed by atoms with Crippen molar-refractivity contribution < 1.29 is 13.2 Å². The first-order chi connectivity index (χ1) is 8.93. The first-order valence-corrected chi connectivity index (χ1v) is 6.10. The molecule has 3 nitrogen and oxygen atoms in total. The number of aromatic nitrogens is 2. The highest BCUT2D eigenvalue weighted by Crippen LogP contribution is 2.31. The van der Waals surface area contributed by atoms with Crippen LogP contribution in [0.15, 0.2) is 18.2 Å². The summed E-state index contributed by atoms with van der Waals surface area (Å²) in [5, 5.41) is 3.03. The Labute approximate surface area is 109 Å². The second-order valence-electron chi connectivity index (χ2n) is 4.50. The highest BCUT2D eigenvalue weighted by atomic mass is 19.4. The van der Waals surface area contributed by atoms with E-state index in [0.29, 0.717) is 5.52 Å². The highest BCUT2D eigenvalue weighted by Gasteiger charge is 2.30. The minimum atomic E-state index is -4.32. The number of rotatable bonds is 4. The van der Waals surface area contributed by atoms with E-state index in [9.17, 15) is 13.2 Å². The summed E-state index contributed by atoms with van der Waals surface area (Å²) in [6, 6.07) is 3.69. The molecular weight excluding hydrogens is 255 g/mol. The van der Waals surface area contributed by atoms with Gasteiger partial charge in [0.15, 0.2) is 0 Å². The number of hydrogen-bond acceptors (Lipinski definition) is 2. The third-order valence-corrected chi connectivity index (χ3v) is 3.13. The van der Waals surface area contributed by atoms with Crippen LogP contribution in [0.5, 0.6) is 0 Å². The van der Waals surface area contributed by atoms with E-state index < -0.39 is 11.7 Å². The lowest BCUT2D eigenvalue weighted by molar-refractivity contribution is -0.137. The van der Waals surface area contributed by atoms with Gasteiger partial charge in [0.05, 0.1) is 16.6 Å². The van der Waals surface area contributed by atoms with Gasteiger partial charge in [0.1, 0.15) is 5.82 Å². The smallest absolute Gasteiger partial charge is 0.331 e. The minimum Gasteiger partial charge on any atom is -0.331 e. The van der Waals surface area contributed by atoms with Gasteiger partial charge in [-0.25, -0.2) is 4.98 Å². The maximum atomic E-state index is 12.6. The number of alkyl halides is 3. The molecule has 1 aromatic carbocycles. The molecule has 2 aromatic rings. The lowest BCUT2D eigenvalue weighted by Crippen LogP contribution is -2.09. The van der Waals surface area contributed by atoms with Crippen molar-refractivity contribution in [3.8, 4) is 0 Å². The van der Waals surface area contributed by atoms with Gasteiger partial charge in [0.25, 0.3) is 0 Å². The van der Waals surface area contributed by atoms with Crippen LogP contribution in [0, 0.1) is 0 Å². The number of hydrogen-bond donors (Lipinski definition) is 1. The molecule has 0 atom stereocenters. The molecule has 0 spiro atoms. The fourth-order valence-electron chi connectivity index (χ4n) is 2.07. The Morgan fingerprint density at radius 1 is 1.32 bits per heavy atom. The number of aryl methyl sites for hydroxylation is 2. The third-order valence-electron chi connectivity index (χ3n) is 3.13. The molecule has 0 aliphatic rings. The van der Waals surface area contributed by atoms with Crippen LogP contribution in [0.2, 0.25) is 0 Å². The van der Waals surface area contributed by atoms with Gasteiger partial charge in [0, 0.05) is 13.5 Å².